The highest BCUT2D eigenvalue weighted by molar-refractivity contribution is 5.65. The van der Waals surface area contributed by atoms with Crippen LogP contribution < -0.4 is 10.1 Å². The van der Waals surface area contributed by atoms with E-state index in [9.17, 15) is 0 Å². The summed E-state index contributed by atoms with van der Waals surface area (Å²) in [6.07, 6.45) is 1.45. The molecule has 0 spiro atoms. The highest BCUT2D eigenvalue weighted by Gasteiger charge is 2.21. The fraction of sp³-hybridized carbons (Fsp3) is 0.375. The third-order valence-electron chi connectivity index (χ3n) is 3.81. The van der Waals surface area contributed by atoms with Crippen LogP contribution in [0.5, 0.6) is 5.75 Å². The van der Waals surface area contributed by atoms with Crippen LogP contribution in [0.1, 0.15) is 17.7 Å². The van der Waals surface area contributed by atoms with Crippen molar-refractivity contribution < 1.29 is 4.74 Å². The summed E-state index contributed by atoms with van der Waals surface area (Å²) in [7, 11) is 1.66. The minimum atomic E-state index is 0.490. The standard InChI is InChI=1S/C16H18N4O/c1-21-13-5-3-12(4-6-13)16-14-11-18-9-7-15(14)20(19-16)10-2-8-17/h3-6,18H,2,7,9-11H2,1H3. The van der Waals surface area contributed by atoms with Crippen LogP contribution >= 0.6 is 0 Å². The molecule has 1 aromatic carbocycles. The van der Waals surface area contributed by atoms with Gasteiger partial charge in [0.25, 0.3) is 0 Å². The van der Waals surface area contributed by atoms with Crippen LogP contribution in [0.4, 0.5) is 0 Å². The lowest BCUT2D eigenvalue weighted by Gasteiger charge is -2.15. The van der Waals surface area contributed by atoms with Crippen LogP contribution in [0.15, 0.2) is 24.3 Å². The van der Waals surface area contributed by atoms with E-state index in [-0.39, 0.29) is 0 Å². The number of benzene rings is 1. The number of ether oxygens (including phenoxy) is 1. The Hall–Kier alpha value is -2.32. The molecule has 0 saturated carbocycles. The van der Waals surface area contributed by atoms with Gasteiger partial charge in [-0.15, -0.1) is 0 Å². The van der Waals surface area contributed by atoms with Gasteiger partial charge in [0.2, 0.25) is 0 Å². The lowest BCUT2D eigenvalue weighted by atomic mass is 10.0. The van der Waals surface area contributed by atoms with Crippen LogP contribution in [-0.2, 0) is 19.5 Å². The molecule has 21 heavy (non-hydrogen) atoms. The van der Waals surface area contributed by atoms with E-state index in [0.717, 1.165) is 36.5 Å². The Morgan fingerprint density at radius 1 is 1.38 bits per heavy atom. The normalized spacial score (nSPS) is 13.5. The summed E-state index contributed by atoms with van der Waals surface area (Å²) < 4.78 is 7.20. The molecule has 1 N–H and O–H groups in total. The molecule has 0 aliphatic carbocycles. The van der Waals surface area contributed by atoms with Gasteiger partial charge in [-0.25, -0.2) is 0 Å². The maximum atomic E-state index is 8.80. The molecule has 0 atom stereocenters. The van der Waals surface area contributed by atoms with E-state index in [4.69, 9.17) is 15.1 Å². The summed E-state index contributed by atoms with van der Waals surface area (Å²) in [6.45, 7) is 2.46. The number of hydrogen-bond acceptors (Lipinski definition) is 4. The highest BCUT2D eigenvalue weighted by atomic mass is 16.5. The third-order valence-corrected chi connectivity index (χ3v) is 3.81. The summed E-state index contributed by atoms with van der Waals surface area (Å²) in [5.41, 5.74) is 4.61. The second kappa shape index (κ2) is 5.98. The van der Waals surface area contributed by atoms with Gasteiger partial charge < -0.3 is 10.1 Å². The molecular formula is C16H18N4O. The molecule has 0 bridgehead atoms. The second-order valence-electron chi connectivity index (χ2n) is 5.06. The summed E-state index contributed by atoms with van der Waals surface area (Å²) in [6, 6.07) is 10.2. The molecule has 0 fully saturated rings. The molecule has 0 unspecified atom stereocenters. The molecule has 1 aliphatic heterocycles. The fourth-order valence-corrected chi connectivity index (χ4v) is 2.74. The molecule has 5 nitrogen and oxygen atoms in total. The minimum Gasteiger partial charge on any atom is -0.497 e. The molecule has 108 valence electrons. The monoisotopic (exact) mass is 282 g/mol. The Kier molecular flexibility index (Phi) is 3.89. The van der Waals surface area contributed by atoms with Gasteiger partial charge in [-0.05, 0) is 24.3 Å². The number of aromatic nitrogens is 2. The number of nitrogens with one attached hydrogen (secondary N) is 1. The molecule has 1 aliphatic rings. The van der Waals surface area contributed by atoms with E-state index in [1.54, 1.807) is 7.11 Å². The van der Waals surface area contributed by atoms with Crippen molar-refractivity contribution in [2.75, 3.05) is 13.7 Å². The smallest absolute Gasteiger partial charge is 0.118 e. The number of hydrogen-bond donors (Lipinski definition) is 1. The number of nitriles is 1. The van der Waals surface area contributed by atoms with Gasteiger partial charge in [-0.1, -0.05) is 0 Å². The van der Waals surface area contributed by atoms with E-state index in [1.165, 1.54) is 11.3 Å². The summed E-state index contributed by atoms with van der Waals surface area (Å²) in [5.74, 6) is 0.842. The van der Waals surface area contributed by atoms with Crippen LogP contribution in [0, 0.1) is 11.3 Å². The number of fused-ring (bicyclic) bond motifs is 1. The van der Waals surface area contributed by atoms with Crippen molar-refractivity contribution >= 4 is 0 Å². The lowest BCUT2D eigenvalue weighted by molar-refractivity contribution is 0.415. The average molecular weight is 282 g/mol. The number of methoxy groups -OCH3 is 1. The fourth-order valence-electron chi connectivity index (χ4n) is 2.74. The topological polar surface area (TPSA) is 62.9 Å². The first kappa shape index (κ1) is 13.7. The first-order valence-electron chi connectivity index (χ1n) is 7.14. The minimum absolute atomic E-state index is 0.490. The summed E-state index contributed by atoms with van der Waals surface area (Å²) >= 11 is 0. The van der Waals surface area contributed by atoms with Crippen molar-refractivity contribution in [1.29, 1.82) is 5.26 Å². The van der Waals surface area contributed by atoms with Crippen molar-refractivity contribution in [1.82, 2.24) is 15.1 Å². The second-order valence-corrected chi connectivity index (χ2v) is 5.06. The predicted molar refractivity (Wildman–Crippen MR) is 79.9 cm³/mol. The third kappa shape index (κ3) is 2.63. The Morgan fingerprint density at radius 3 is 2.90 bits per heavy atom. The molecule has 2 aromatic rings. The van der Waals surface area contributed by atoms with Gasteiger partial charge in [0, 0.05) is 36.3 Å². The Morgan fingerprint density at radius 2 is 2.19 bits per heavy atom. The van der Waals surface area contributed by atoms with Crippen LogP contribution in [0.3, 0.4) is 0 Å². The van der Waals surface area contributed by atoms with E-state index in [0.29, 0.717) is 13.0 Å². The molecule has 0 radical (unpaired) electrons. The summed E-state index contributed by atoms with van der Waals surface area (Å²) in [4.78, 5) is 0. The summed E-state index contributed by atoms with van der Waals surface area (Å²) in [5, 5.41) is 16.9. The molecule has 0 saturated heterocycles. The van der Waals surface area contributed by atoms with E-state index in [2.05, 4.69) is 11.4 Å². The molecular weight excluding hydrogens is 264 g/mol. The maximum absolute atomic E-state index is 8.80. The quantitative estimate of drug-likeness (QED) is 0.933. The van der Waals surface area contributed by atoms with E-state index >= 15 is 0 Å². The van der Waals surface area contributed by atoms with Crippen LogP contribution in [0.2, 0.25) is 0 Å². The van der Waals surface area contributed by atoms with Crippen molar-refractivity contribution in [3.05, 3.63) is 35.5 Å². The number of rotatable bonds is 4. The predicted octanol–water partition coefficient (Wildman–Crippen LogP) is 2.12. The van der Waals surface area contributed by atoms with Crippen molar-refractivity contribution in [3.63, 3.8) is 0 Å². The molecule has 2 heterocycles. The zero-order valence-corrected chi connectivity index (χ0v) is 12.1. The zero-order chi connectivity index (χ0) is 14.7. The van der Waals surface area contributed by atoms with Crippen molar-refractivity contribution in [2.45, 2.75) is 25.9 Å². The van der Waals surface area contributed by atoms with Gasteiger partial charge >= 0.3 is 0 Å². The van der Waals surface area contributed by atoms with Crippen molar-refractivity contribution in [2.24, 2.45) is 0 Å². The van der Waals surface area contributed by atoms with Crippen molar-refractivity contribution in [3.8, 4) is 23.1 Å². The van der Waals surface area contributed by atoms with Crippen LogP contribution in [0.25, 0.3) is 11.3 Å². The average Bonchev–Trinajstić information content (AvgIpc) is 2.92. The number of aryl methyl sites for hydroxylation is 1. The molecule has 1 aromatic heterocycles. The van der Waals surface area contributed by atoms with Gasteiger partial charge in [-0.2, -0.15) is 10.4 Å². The highest BCUT2D eigenvalue weighted by Crippen LogP contribution is 2.29. The molecule has 0 amide bonds. The molecule has 5 heteroatoms. The SMILES string of the molecule is COc1ccc(-c2nn(CCC#N)c3c2CNCC3)cc1. The Balaban J connectivity index is 2.00. The van der Waals surface area contributed by atoms with Gasteiger partial charge in [0.15, 0.2) is 0 Å². The Labute approximate surface area is 124 Å². The number of nitrogens with zero attached hydrogens (tertiary/aromatic N) is 3. The Bertz CT molecular complexity index is 667. The largest absolute Gasteiger partial charge is 0.497 e. The zero-order valence-electron chi connectivity index (χ0n) is 12.1. The first-order chi connectivity index (χ1) is 10.3. The van der Waals surface area contributed by atoms with E-state index in [1.807, 2.05) is 28.9 Å². The van der Waals surface area contributed by atoms with E-state index < -0.39 is 0 Å². The lowest BCUT2D eigenvalue weighted by Crippen LogP contribution is -2.25. The van der Waals surface area contributed by atoms with Gasteiger partial charge in [0.1, 0.15) is 5.75 Å². The maximum Gasteiger partial charge on any atom is 0.118 e. The van der Waals surface area contributed by atoms with Gasteiger partial charge in [0.05, 0.1) is 31.8 Å². The van der Waals surface area contributed by atoms with Crippen LogP contribution in [-0.4, -0.2) is 23.4 Å². The molecule has 3 rings (SSSR count). The first-order valence-corrected chi connectivity index (χ1v) is 7.14. The van der Waals surface area contributed by atoms with Gasteiger partial charge in [-0.3, -0.25) is 4.68 Å².